The predicted molar refractivity (Wildman–Crippen MR) is 88.5 cm³/mol. The lowest BCUT2D eigenvalue weighted by Crippen LogP contribution is -2.38. The number of nitrogens with two attached hydrogens (primary N) is 1. The second kappa shape index (κ2) is 5.43. The van der Waals surface area contributed by atoms with Crippen molar-refractivity contribution in [3.63, 3.8) is 0 Å². The minimum absolute atomic E-state index is 0.443. The summed E-state index contributed by atoms with van der Waals surface area (Å²) in [7, 11) is 0. The highest BCUT2D eigenvalue weighted by molar-refractivity contribution is 5.83. The average molecular weight is 280 g/mol. The predicted octanol–water partition coefficient (Wildman–Crippen LogP) is 3.56. The molecule has 0 heterocycles. The SMILES string of the molecule is NC1CCC(N[C@H]2C[C@@H]2c2ccc3ccccc3c2)CC1. The number of benzene rings is 2. The Kier molecular flexibility index (Phi) is 3.44. The molecule has 0 aromatic heterocycles. The molecule has 4 rings (SSSR count). The van der Waals surface area contributed by atoms with E-state index in [-0.39, 0.29) is 0 Å². The lowest BCUT2D eigenvalue weighted by molar-refractivity contribution is 0.339. The lowest BCUT2D eigenvalue weighted by Gasteiger charge is -2.27. The van der Waals surface area contributed by atoms with Crippen molar-refractivity contribution >= 4 is 10.8 Å². The molecular weight excluding hydrogens is 256 g/mol. The Labute approximate surface area is 126 Å². The topological polar surface area (TPSA) is 38.0 Å². The molecular formula is C19H24N2. The van der Waals surface area contributed by atoms with E-state index in [0.29, 0.717) is 24.0 Å². The van der Waals surface area contributed by atoms with E-state index in [0.717, 1.165) is 0 Å². The first kappa shape index (κ1) is 13.3. The van der Waals surface area contributed by atoms with Crippen molar-refractivity contribution in [1.29, 1.82) is 0 Å². The summed E-state index contributed by atoms with van der Waals surface area (Å²) in [6.45, 7) is 0. The minimum atomic E-state index is 0.443. The molecule has 2 aliphatic carbocycles. The Bertz CT molecular complexity index is 628. The third kappa shape index (κ3) is 2.83. The van der Waals surface area contributed by atoms with Crippen LogP contribution in [0.5, 0.6) is 0 Å². The molecule has 0 amide bonds. The standard InChI is InChI=1S/C19H24N2/c20-16-7-9-17(10-8-16)21-19-12-18(19)15-6-5-13-3-1-2-4-14(13)11-15/h1-6,11,16-19,21H,7-10,12,20H2/t16?,17?,18-,19+/m1/s1. The van der Waals surface area contributed by atoms with Crippen LogP contribution in [0, 0.1) is 0 Å². The van der Waals surface area contributed by atoms with Crippen LogP contribution in [0.2, 0.25) is 0 Å². The highest BCUT2D eigenvalue weighted by atomic mass is 15.0. The van der Waals surface area contributed by atoms with Crippen LogP contribution in [0.15, 0.2) is 42.5 Å². The van der Waals surface area contributed by atoms with Gasteiger partial charge in [-0.2, -0.15) is 0 Å². The third-order valence-corrected chi connectivity index (χ3v) is 5.21. The van der Waals surface area contributed by atoms with Crippen LogP contribution in [0.25, 0.3) is 10.8 Å². The summed E-state index contributed by atoms with van der Waals surface area (Å²) >= 11 is 0. The van der Waals surface area contributed by atoms with Gasteiger partial charge in [0.25, 0.3) is 0 Å². The molecule has 2 aromatic rings. The van der Waals surface area contributed by atoms with Gasteiger partial charge in [-0.05, 0) is 48.4 Å². The van der Waals surface area contributed by atoms with Gasteiger partial charge in [0.2, 0.25) is 0 Å². The molecule has 3 N–H and O–H groups in total. The van der Waals surface area contributed by atoms with Crippen molar-refractivity contribution in [3.8, 4) is 0 Å². The van der Waals surface area contributed by atoms with Crippen LogP contribution in [0.1, 0.15) is 43.6 Å². The van der Waals surface area contributed by atoms with Gasteiger partial charge < -0.3 is 11.1 Å². The summed E-state index contributed by atoms with van der Waals surface area (Å²) in [6, 6.07) is 17.4. The maximum Gasteiger partial charge on any atom is 0.0145 e. The van der Waals surface area contributed by atoms with Gasteiger partial charge in [-0.3, -0.25) is 0 Å². The fourth-order valence-electron chi connectivity index (χ4n) is 3.77. The zero-order valence-electron chi connectivity index (χ0n) is 12.5. The first-order chi connectivity index (χ1) is 10.3. The van der Waals surface area contributed by atoms with Gasteiger partial charge in [0.15, 0.2) is 0 Å². The smallest absolute Gasteiger partial charge is 0.0145 e. The second-order valence-corrected chi connectivity index (χ2v) is 6.83. The molecule has 21 heavy (non-hydrogen) atoms. The molecule has 110 valence electrons. The second-order valence-electron chi connectivity index (χ2n) is 6.83. The van der Waals surface area contributed by atoms with Crippen LogP contribution in [-0.2, 0) is 0 Å². The number of nitrogens with one attached hydrogen (secondary N) is 1. The maximum atomic E-state index is 5.99. The Morgan fingerprint density at radius 1 is 0.905 bits per heavy atom. The van der Waals surface area contributed by atoms with Crippen molar-refractivity contribution in [3.05, 3.63) is 48.0 Å². The normalized spacial score (nSPS) is 32.2. The van der Waals surface area contributed by atoms with E-state index in [9.17, 15) is 0 Å². The first-order valence-corrected chi connectivity index (χ1v) is 8.30. The van der Waals surface area contributed by atoms with Gasteiger partial charge in [-0.1, -0.05) is 42.5 Å². The molecule has 2 heteroatoms. The molecule has 0 saturated heterocycles. The molecule has 0 aliphatic heterocycles. The lowest BCUT2D eigenvalue weighted by atomic mass is 9.92. The van der Waals surface area contributed by atoms with Gasteiger partial charge in [0.1, 0.15) is 0 Å². The quantitative estimate of drug-likeness (QED) is 0.902. The monoisotopic (exact) mass is 280 g/mol. The Morgan fingerprint density at radius 3 is 2.48 bits per heavy atom. The molecule has 2 aromatic carbocycles. The van der Waals surface area contributed by atoms with Crippen LogP contribution in [0.4, 0.5) is 0 Å². The molecule has 2 nitrogen and oxygen atoms in total. The fraction of sp³-hybridized carbons (Fsp3) is 0.474. The molecule has 0 unspecified atom stereocenters. The van der Waals surface area contributed by atoms with Crippen LogP contribution in [-0.4, -0.2) is 18.1 Å². The Hall–Kier alpha value is -1.38. The molecule has 0 radical (unpaired) electrons. The van der Waals surface area contributed by atoms with Crippen molar-refractivity contribution in [1.82, 2.24) is 5.32 Å². The number of fused-ring (bicyclic) bond motifs is 1. The number of rotatable bonds is 3. The Morgan fingerprint density at radius 2 is 1.67 bits per heavy atom. The molecule has 2 aliphatic rings. The van der Waals surface area contributed by atoms with E-state index in [4.69, 9.17) is 5.73 Å². The van der Waals surface area contributed by atoms with Gasteiger partial charge in [-0.25, -0.2) is 0 Å². The summed E-state index contributed by atoms with van der Waals surface area (Å²) in [5, 5.41) is 6.56. The van der Waals surface area contributed by atoms with Crippen molar-refractivity contribution < 1.29 is 0 Å². The minimum Gasteiger partial charge on any atom is -0.328 e. The molecule has 0 spiro atoms. The highest BCUT2D eigenvalue weighted by Crippen LogP contribution is 2.42. The summed E-state index contributed by atoms with van der Waals surface area (Å²) in [4.78, 5) is 0. The van der Waals surface area contributed by atoms with E-state index in [1.807, 2.05) is 0 Å². The van der Waals surface area contributed by atoms with Crippen molar-refractivity contribution in [2.45, 2.75) is 56.1 Å². The maximum absolute atomic E-state index is 5.99. The molecule has 2 atom stereocenters. The summed E-state index contributed by atoms with van der Waals surface area (Å²) in [5.41, 5.74) is 7.49. The summed E-state index contributed by atoms with van der Waals surface area (Å²) in [5.74, 6) is 0.713. The van der Waals surface area contributed by atoms with Crippen LogP contribution < -0.4 is 11.1 Å². The van der Waals surface area contributed by atoms with E-state index in [1.54, 1.807) is 0 Å². The van der Waals surface area contributed by atoms with Gasteiger partial charge in [0.05, 0.1) is 0 Å². The molecule has 2 saturated carbocycles. The first-order valence-electron chi connectivity index (χ1n) is 8.30. The highest BCUT2D eigenvalue weighted by Gasteiger charge is 2.39. The summed E-state index contributed by atoms with van der Waals surface area (Å²) in [6.07, 6.45) is 6.17. The Balaban J connectivity index is 1.41. The summed E-state index contributed by atoms with van der Waals surface area (Å²) < 4.78 is 0. The van der Waals surface area contributed by atoms with Crippen LogP contribution >= 0.6 is 0 Å². The van der Waals surface area contributed by atoms with Crippen molar-refractivity contribution in [2.24, 2.45) is 5.73 Å². The van der Waals surface area contributed by atoms with Crippen LogP contribution in [0.3, 0.4) is 0 Å². The molecule has 2 fully saturated rings. The van der Waals surface area contributed by atoms with Gasteiger partial charge >= 0.3 is 0 Å². The molecule has 0 bridgehead atoms. The van der Waals surface area contributed by atoms with E-state index >= 15 is 0 Å². The van der Waals surface area contributed by atoms with Gasteiger partial charge in [-0.15, -0.1) is 0 Å². The third-order valence-electron chi connectivity index (χ3n) is 5.21. The van der Waals surface area contributed by atoms with Gasteiger partial charge in [0, 0.05) is 24.0 Å². The largest absolute Gasteiger partial charge is 0.328 e. The van der Waals surface area contributed by atoms with E-state index < -0.39 is 0 Å². The van der Waals surface area contributed by atoms with E-state index in [1.165, 1.54) is 48.4 Å². The fourth-order valence-corrected chi connectivity index (χ4v) is 3.77. The van der Waals surface area contributed by atoms with Crippen molar-refractivity contribution in [2.75, 3.05) is 0 Å². The number of hydrogen-bond acceptors (Lipinski definition) is 2. The van der Waals surface area contributed by atoms with E-state index in [2.05, 4.69) is 47.8 Å². The number of hydrogen-bond donors (Lipinski definition) is 2. The zero-order valence-corrected chi connectivity index (χ0v) is 12.5. The average Bonchev–Trinajstić information content (AvgIpc) is 3.28. The zero-order chi connectivity index (χ0) is 14.2.